The monoisotopic (exact) mass is 227 g/mol. The van der Waals surface area contributed by atoms with E-state index in [-0.39, 0.29) is 0 Å². The molecule has 0 radical (unpaired) electrons. The molecule has 0 aliphatic carbocycles. The van der Waals surface area contributed by atoms with E-state index < -0.39 is 0 Å². The second-order valence-electron chi connectivity index (χ2n) is 3.87. The van der Waals surface area contributed by atoms with Gasteiger partial charge in [0.25, 0.3) is 0 Å². The summed E-state index contributed by atoms with van der Waals surface area (Å²) in [6, 6.07) is 9.26. The van der Waals surface area contributed by atoms with Crippen LogP contribution in [0.5, 0.6) is 0 Å². The molecule has 1 heterocycles. The smallest absolute Gasteiger partial charge is 0.0992 e. The Bertz CT molecular complexity index is 540. The molecule has 0 amide bonds. The average Bonchev–Trinajstić information content (AvgIpc) is 2.82. The molecule has 1 aromatic heterocycles. The second kappa shape index (κ2) is 4.62. The van der Waals surface area contributed by atoms with Crippen LogP contribution in [0.2, 0.25) is 0 Å². The summed E-state index contributed by atoms with van der Waals surface area (Å²) in [5.41, 5.74) is 9.08. The first kappa shape index (κ1) is 11.1. The predicted octanol–water partition coefficient (Wildman–Crippen LogP) is 2.37. The fraction of sp³-hybridized carbons (Fsp3) is 0.154. The Balaban J connectivity index is 2.24. The molecule has 0 aliphatic rings. The number of nitriles is 1. The molecular formula is C13H13N3O. The first-order valence-corrected chi connectivity index (χ1v) is 5.22. The molecule has 0 unspecified atom stereocenters. The summed E-state index contributed by atoms with van der Waals surface area (Å²) in [4.78, 5) is 1.99. The minimum absolute atomic E-state index is 0.605. The molecule has 17 heavy (non-hydrogen) atoms. The molecule has 0 spiro atoms. The zero-order valence-electron chi connectivity index (χ0n) is 9.55. The highest BCUT2D eigenvalue weighted by molar-refractivity contribution is 5.69. The fourth-order valence-electron chi connectivity index (χ4n) is 1.69. The van der Waals surface area contributed by atoms with Crippen molar-refractivity contribution in [2.24, 2.45) is 0 Å². The van der Waals surface area contributed by atoms with E-state index in [1.165, 1.54) is 0 Å². The summed E-state index contributed by atoms with van der Waals surface area (Å²) in [7, 11) is 1.93. The van der Waals surface area contributed by atoms with Crippen LogP contribution < -0.4 is 10.6 Å². The van der Waals surface area contributed by atoms with Crippen LogP contribution in [-0.4, -0.2) is 7.05 Å². The van der Waals surface area contributed by atoms with Crippen LogP contribution >= 0.6 is 0 Å². The Labute approximate surface area is 99.9 Å². The molecule has 0 saturated heterocycles. The summed E-state index contributed by atoms with van der Waals surface area (Å²) >= 11 is 0. The lowest BCUT2D eigenvalue weighted by Crippen LogP contribution is -2.17. The summed E-state index contributed by atoms with van der Waals surface area (Å²) < 4.78 is 5.02. The number of hydrogen-bond acceptors (Lipinski definition) is 4. The van der Waals surface area contributed by atoms with Crippen LogP contribution in [0.3, 0.4) is 0 Å². The van der Waals surface area contributed by atoms with Crippen molar-refractivity contribution in [3.05, 3.63) is 47.9 Å². The van der Waals surface area contributed by atoms with Crippen molar-refractivity contribution in [3.8, 4) is 6.07 Å². The SMILES string of the molecule is CN(Cc1ccoc1)c1cc(C#N)ccc1N. The number of nitrogens with two attached hydrogens (primary N) is 1. The highest BCUT2D eigenvalue weighted by atomic mass is 16.3. The first-order valence-electron chi connectivity index (χ1n) is 5.22. The molecule has 4 nitrogen and oxygen atoms in total. The number of nitrogen functional groups attached to an aromatic ring is 1. The second-order valence-corrected chi connectivity index (χ2v) is 3.87. The first-order chi connectivity index (χ1) is 8.20. The molecule has 2 rings (SSSR count). The lowest BCUT2D eigenvalue weighted by atomic mass is 10.1. The number of anilines is 2. The molecular weight excluding hydrogens is 214 g/mol. The molecule has 0 aliphatic heterocycles. The third-order valence-electron chi connectivity index (χ3n) is 2.57. The van der Waals surface area contributed by atoms with Crippen molar-refractivity contribution in [3.63, 3.8) is 0 Å². The summed E-state index contributed by atoms with van der Waals surface area (Å²) in [5.74, 6) is 0. The van der Waals surface area contributed by atoms with Crippen LogP contribution in [0.25, 0.3) is 0 Å². The van der Waals surface area contributed by atoms with E-state index in [4.69, 9.17) is 15.4 Å². The summed E-state index contributed by atoms with van der Waals surface area (Å²) in [6.07, 6.45) is 3.33. The minimum atomic E-state index is 0.605. The third kappa shape index (κ3) is 2.40. The van der Waals surface area contributed by atoms with E-state index in [1.807, 2.05) is 18.0 Å². The maximum atomic E-state index is 8.87. The van der Waals surface area contributed by atoms with Gasteiger partial charge in [-0.1, -0.05) is 0 Å². The lowest BCUT2D eigenvalue weighted by Gasteiger charge is -2.20. The van der Waals surface area contributed by atoms with E-state index in [9.17, 15) is 0 Å². The minimum Gasteiger partial charge on any atom is -0.472 e. The molecule has 0 fully saturated rings. The molecule has 0 bridgehead atoms. The number of benzene rings is 1. The fourth-order valence-corrected chi connectivity index (χ4v) is 1.69. The summed E-state index contributed by atoms with van der Waals surface area (Å²) in [6.45, 7) is 0.690. The van der Waals surface area contributed by atoms with E-state index in [0.717, 1.165) is 11.3 Å². The normalized spacial score (nSPS) is 9.88. The lowest BCUT2D eigenvalue weighted by molar-refractivity contribution is 0.563. The van der Waals surface area contributed by atoms with E-state index >= 15 is 0 Å². The van der Waals surface area contributed by atoms with E-state index in [0.29, 0.717) is 17.8 Å². The van der Waals surface area contributed by atoms with Crippen LogP contribution in [-0.2, 0) is 6.54 Å². The predicted molar refractivity (Wildman–Crippen MR) is 66.4 cm³/mol. The zero-order valence-corrected chi connectivity index (χ0v) is 9.55. The molecule has 1 aromatic carbocycles. The number of hydrogen-bond donors (Lipinski definition) is 1. The molecule has 2 aromatic rings. The molecule has 2 N–H and O–H groups in total. The van der Waals surface area contributed by atoms with Gasteiger partial charge in [0.15, 0.2) is 0 Å². The van der Waals surface area contributed by atoms with E-state index in [2.05, 4.69) is 6.07 Å². The largest absolute Gasteiger partial charge is 0.472 e. The maximum Gasteiger partial charge on any atom is 0.0992 e. The highest BCUT2D eigenvalue weighted by Gasteiger charge is 2.07. The molecule has 4 heteroatoms. The van der Waals surface area contributed by atoms with Crippen LogP contribution in [0, 0.1) is 11.3 Å². The maximum absolute atomic E-state index is 8.87. The van der Waals surface area contributed by atoms with Crippen LogP contribution in [0.4, 0.5) is 11.4 Å². The Kier molecular flexibility index (Phi) is 3.01. The Morgan fingerprint density at radius 3 is 2.88 bits per heavy atom. The van der Waals surface area contributed by atoms with Gasteiger partial charge < -0.3 is 15.1 Å². The van der Waals surface area contributed by atoms with Gasteiger partial charge in [0.05, 0.1) is 35.5 Å². The average molecular weight is 227 g/mol. The zero-order chi connectivity index (χ0) is 12.3. The number of rotatable bonds is 3. The van der Waals surface area contributed by atoms with Crippen molar-refractivity contribution in [2.45, 2.75) is 6.54 Å². The van der Waals surface area contributed by atoms with Gasteiger partial charge in [0.2, 0.25) is 0 Å². The van der Waals surface area contributed by atoms with Crippen molar-refractivity contribution in [1.82, 2.24) is 0 Å². The topological polar surface area (TPSA) is 66.2 Å². The highest BCUT2D eigenvalue weighted by Crippen LogP contribution is 2.24. The standard InChI is InChI=1S/C13H13N3O/c1-16(8-11-4-5-17-9-11)13-6-10(7-14)2-3-12(13)15/h2-6,9H,8,15H2,1H3. The molecule has 0 saturated carbocycles. The number of furan rings is 1. The Morgan fingerprint density at radius 2 is 2.24 bits per heavy atom. The Hall–Kier alpha value is -2.41. The van der Waals surface area contributed by atoms with E-state index in [1.54, 1.807) is 30.7 Å². The van der Waals surface area contributed by atoms with Crippen LogP contribution in [0.15, 0.2) is 41.2 Å². The Morgan fingerprint density at radius 1 is 1.41 bits per heavy atom. The number of nitrogens with zero attached hydrogens (tertiary/aromatic N) is 2. The van der Waals surface area contributed by atoms with Gasteiger partial charge in [-0.15, -0.1) is 0 Å². The van der Waals surface area contributed by atoms with Gasteiger partial charge in [-0.05, 0) is 24.3 Å². The van der Waals surface area contributed by atoms with Gasteiger partial charge in [0.1, 0.15) is 0 Å². The van der Waals surface area contributed by atoms with Gasteiger partial charge in [0, 0.05) is 19.2 Å². The van der Waals surface area contributed by atoms with Crippen molar-refractivity contribution >= 4 is 11.4 Å². The quantitative estimate of drug-likeness (QED) is 0.817. The summed E-state index contributed by atoms with van der Waals surface area (Å²) in [5, 5.41) is 8.87. The van der Waals surface area contributed by atoms with Crippen molar-refractivity contribution in [1.29, 1.82) is 5.26 Å². The van der Waals surface area contributed by atoms with Gasteiger partial charge in [-0.25, -0.2) is 0 Å². The van der Waals surface area contributed by atoms with Crippen molar-refractivity contribution < 1.29 is 4.42 Å². The van der Waals surface area contributed by atoms with Gasteiger partial charge in [-0.2, -0.15) is 5.26 Å². The molecule has 0 atom stereocenters. The van der Waals surface area contributed by atoms with Crippen molar-refractivity contribution in [2.75, 3.05) is 17.7 Å². The van der Waals surface area contributed by atoms with Crippen LogP contribution in [0.1, 0.15) is 11.1 Å². The van der Waals surface area contributed by atoms with Gasteiger partial charge in [-0.3, -0.25) is 0 Å². The van der Waals surface area contributed by atoms with Gasteiger partial charge >= 0.3 is 0 Å². The molecule has 86 valence electrons. The third-order valence-corrected chi connectivity index (χ3v) is 2.57.